The van der Waals surface area contributed by atoms with Gasteiger partial charge in [0, 0.05) is 22.2 Å². The van der Waals surface area contributed by atoms with Crippen molar-refractivity contribution in [1.82, 2.24) is 19.6 Å². The van der Waals surface area contributed by atoms with E-state index in [1.165, 1.54) is 12.0 Å². The van der Waals surface area contributed by atoms with Crippen molar-refractivity contribution in [1.29, 1.82) is 0 Å². The zero-order valence-electron chi connectivity index (χ0n) is 20.2. The third kappa shape index (κ3) is 3.57. The van der Waals surface area contributed by atoms with Gasteiger partial charge in [-0.15, -0.1) is 10.2 Å². The van der Waals surface area contributed by atoms with Crippen LogP contribution in [-0.4, -0.2) is 24.7 Å². The van der Waals surface area contributed by atoms with Crippen LogP contribution < -0.4 is 5.73 Å². The van der Waals surface area contributed by atoms with Crippen LogP contribution in [-0.2, 0) is 5.54 Å². The van der Waals surface area contributed by atoms with Gasteiger partial charge < -0.3 is 10.8 Å². The Bertz CT molecular complexity index is 1750. The van der Waals surface area contributed by atoms with Crippen molar-refractivity contribution in [2.45, 2.75) is 24.8 Å². The van der Waals surface area contributed by atoms with Crippen LogP contribution in [0.5, 0.6) is 5.75 Å². The zero-order chi connectivity index (χ0) is 25.0. The Balaban J connectivity index is 1.46. The second-order valence-electron chi connectivity index (χ2n) is 9.84. The maximum absolute atomic E-state index is 9.76. The fourth-order valence-corrected chi connectivity index (χ4v) is 5.28. The first-order valence-corrected chi connectivity index (χ1v) is 12.5. The average molecular weight is 484 g/mol. The van der Waals surface area contributed by atoms with Crippen LogP contribution in [0.3, 0.4) is 0 Å². The highest BCUT2D eigenvalue weighted by molar-refractivity contribution is 5.92. The smallest absolute Gasteiger partial charge is 0.168 e. The zero-order valence-corrected chi connectivity index (χ0v) is 20.2. The minimum atomic E-state index is -0.192. The second-order valence-corrected chi connectivity index (χ2v) is 9.84. The van der Waals surface area contributed by atoms with Crippen molar-refractivity contribution in [2.24, 2.45) is 5.73 Å². The number of benzene rings is 3. The molecule has 3 heterocycles. The van der Waals surface area contributed by atoms with E-state index in [0.29, 0.717) is 5.82 Å². The number of nitrogens with two attached hydrogens (primary N) is 1. The first kappa shape index (κ1) is 21.7. The highest BCUT2D eigenvalue weighted by Crippen LogP contribution is 2.40. The van der Waals surface area contributed by atoms with Gasteiger partial charge in [-0.3, -0.25) is 4.40 Å². The van der Waals surface area contributed by atoms with Crippen molar-refractivity contribution >= 4 is 16.7 Å². The molecule has 6 nitrogen and oxygen atoms in total. The van der Waals surface area contributed by atoms with Crippen LogP contribution in [0.2, 0.25) is 0 Å². The van der Waals surface area contributed by atoms with Crippen LogP contribution in [0.25, 0.3) is 50.5 Å². The molecule has 0 bridgehead atoms. The number of pyridine rings is 2. The Labute approximate surface area is 214 Å². The predicted molar refractivity (Wildman–Crippen MR) is 146 cm³/mol. The summed E-state index contributed by atoms with van der Waals surface area (Å²) < 4.78 is 2.03. The maximum Gasteiger partial charge on any atom is 0.168 e. The van der Waals surface area contributed by atoms with E-state index in [4.69, 9.17) is 10.7 Å². The summed E-state index contributed by atoms with van der Waals surface area (Å²) in [6.45, 7) is 0. The average Bonchev–Trinajstić information content (AvgIpc) is 3.37. The van der Waals surface area contributed by atoms with Crippen LogP contribution in [0.1, 0.15) is 24.8 Å². The van der Waals surface area contributed by atoms with Crippen molar-refractivity contribution in [3.05, 3.63) is 103 Å². The van der Waals surface area contributed by atoms with E-state index in [0.717, 1.165) is 57.5 Å². The highest BCUT2D eigenvalue weighted by Gasteiger charge is 2.34. The molecule has 1 fully saturated rings. The van der Waals surface area contributed by atoms with Gasteiger partial charge in [0.25, 0.3) is 0 Å². The molecule has 1 aliphatic carbocycles. The number of aromatic nitrogens is 4. The Morgan fingerprint density at radius 1 is 0.757 bits per heavy atom. The molecule has 0 spiro atoms. The lowest BCUT2D eigenvalue weighted by molar-refractivity contribution is 0.253. The van der Waals surface area contributed by atoms with Crippen LogP contribution in [0.4, 0.5) is 0 Å². The van der Waals surface area contributed by atoms with Gasteiger partial charge >= 0.3 is 0 Å². The summed E-state index contributed by atoms with van der Waals surface area (Å²) in [5, 5.41) is 18.6. The number of aromatic hydroxyl groups is 1. The molecule has 0 aliphatic heterocycles. The topological polar surface area (TPSA) is 89.3 Å². The minimum Gasteiger partial charge on any atom is -0.508 e. The summed E-state index contributed by atoms with van der Waals surface area (Å²) in [4.78, 5) is 5.18. The fraction of sp³-hybridized carbons (Fsp3) is 0.129. The monoisotopic (exact) mass is 483 g/mol. The normalized spacial score (nSPS) is 14.6. The first-order valence-electron chi connectivity index (χ1n) is 12.5. The molecular formula is C31H25N5O. The van der Waals surface area contributed by atoms with E-state index in [-0.39, 0.29) is 11.3 Å². The van der Waals surface area contributed by atoms with Gasteiger partial charge in [-0.2, -0.15) is 0 Å². The number of nitrogens with zero attached hydrogens (tertiary/aromatic N) is 4. The van der Waals surface area contributed by atoms with Crippen molar-refractivity contribution in [3.8, 4) is 39.5 Å². The molecule has 7 rings (SSSR count). The van der Waals surface area contributed by atoms with Gasteiger partial charge in [0.15, 0.2) is 11.5 Å². The molecule has 1 aliphatic rings. The predicted octanol–water partition coefficient (Wildman–Crippen LogP) is 6.32. The minimum absolute atomic E-state index is 0.192. The van der Waals surface area contributed by atoms with E-state index in [9.17, 15) is 5.11 Å². The fourth-order valence-electron chi connectivity index (χ4n) is 5.28. The van der Waals surface area contributed by atoms with E-state index in [1.807, 2.05) is 46.9 Å². The van der Waals surface area contributed by atoms with E-state index < -0.39 is 0 Å². The van der Waals surface area contributed by atoms with Gasteiger partial charge in [0.05, 0.1) is 16.7 Å². The number of phenols is 1. The van der Waals surface area contributed by atoms with Gasteiger partial charge in [0.1, 0.15) is 5.75 Å². The maximum atomic E-state index is 9.76. The van der Waals surface area contributed by atoms with Crippen molar-refractivity contribution in [2.75, 3.05) is 0 Å². The molecule has 1 saturated carbocycles. The van der Waals surface area contributed by atoms with E-state index >= 15 is 0 Å². The Morgan fingerprint density at radius 3 is 2.19 bits per heavy atom. The molecule has 6 aromatic rings. The molecule has 180 valence electrons. The molecule has 0 atom stereocenters. The standard InChI is InChI=1S/C31H25N5O/c32-31(17-4-18-31)23-11-7-21(8-12-23)29-25(20-5-2-1-3-6-20)19-27-26(33-29)15-16-28-34-35-30(36(27)28)22-9-13-24(37)14-10-22/h1-3,5-16,19,37H,4,17-18,32H2. The Morgan fingerprint density at radius 2 is 1.49 bits per heavy atom. The number of hydrogen-bond donors (Lipinski definition) is 2. The third-order valence-electron chi connectivity index (χ3n) is 7.54. The summed E-state index contributed by atoms with van der Waals surface area (Å²) in [5.41, 5.74) is 15.0. The summed E-state index contributed by atoms with van der Waals surface area (Å²) in [7, 11) is 0. The molecule has 0 amide bonds. The van der Waals surface area contributed by atoms with Crippen LogP contribution >= 0.6 is 0 Å². The van der Waals surface area contributed by atoms with Crippen molar-refractivity contribution in [3.63, 3.8) is 0 Å². The van der Waals surface area contributed by atoms with Gasteiger partial charge in [-0.25, -0.2) is 4.98 Å². The lowest BCUT2D eigenvalue weighted by Gasteiger charge is -2.38. The first-order chi connectivity index (χ1) is 18.1. The molecular weight excluding hydrogens is 458 g/mol. The summed E-state index contributed by atoms with van der Waals surface area (Å²) >= 11 is 0. The molecule has 3 N–H and O–H groups in total. The van der Waals surface area contributed by atoms with E-state index in [1.54, 1.807) is 12.1 Å². The summed E-state index contributed by atoms with van der Waals surface area (Å²) in [6, 6.07) is 32.0. The summed E-state index contributed by atoms with van der Waals surface area (Å²) in [5.74, 6) is 0.913. The molecule has 0 saturated heterocycles. The second kappa shape index (κ2) is 8.25. The quantitative estimate of drug-likeness (QED) is 0.306. The Hall–Kier alpha value is -4.55. The molecule has 3 aromatic heterocycles. The molecule has 3 aromatic carbocycles. The Kier molecular flexibility index (Phi) is 4.84. The number of fused-ring (bicyclic) bond motifs is 3. The van der Waals surface area contributed by atoms with Gasteiger partial charge in [-0.1, -0.05) is 54.6 Å². The van der Waals surface area contributed by atoms with Crippen LogP contribution in [0.15, 0.2) is 97.1 Å². The number of phenolic OH excluding ortho intramolecular Hbond substituents is 1. The largest absolute Gasteiger partial charge is 0.508 e. The summed E-state index contributed by atoms with van der Waals surface area (Å²) in [6.07, 6.45) is 3.26. The lowest BCUT2D eigenvalue weighted by atomic mass is 9.72. The van der Waals surface area contributed by atoms with Gasteiger partial charge in [0.2, 0.25) is 0 Å². The van der Waals surface area contributed by atoms with Crippen molar-refractivity contribution < 1.29 is 5.11 Å². The highest BCUT2D eigenvalue weighted by atomic mass is 16.3. The third-order valence-corrected chi connectivity index (χ3v) is 7.54. The number of hydrogen-bond acceptors (Lipinski definition) is 5. The lowest BCUT2D eigenvalue weighted by Crippen LogP contribution is -2.43. The molecule has 6 heteroatoms. The van der Waals surface area contributed by atoms with Gasteiger partial charge in [-0.05, 0) is 72.9 Å². The van der Waals surface area contributed by atoms with Crippen LogP contribution in [0, 0.1) is 0 Å². The molecule has 0 radical (unpaired) electrons. The molecule has 0 unspecified atom stereocenters. The SMILES string of the molecule is NC1(c2ccc(-c3nc4ccc5nnc(-c6ccc(O)cc6)n5c4cc3-c3ccccc3)cc2)CCC1. The molecule has 37 heavy (non-hydrogen) atoms. The van der Waals surface area contributed by atoms with E-state index in [2.05, 4.69) is 52.7 Å². The number of rotatable bonds is 4.